The van der Waals surface area contributed by atoms with Crippen LogP contribution in [0.1, 0.15) is 57.6 Å². The quantitative estimate of drug-likeness (QED) is 0.588. The van der Waals surface area contributed by atoms with Crippen molar-refractivity contribution >= 4 is 0 Å². The lowest BCUT2D eigenvalue weighted by atomic mass is 10.0. The summed E-state index contributed by atoms with van der Waals surface area (Å²) in [6, 6.07) is 8.76. The Morgan fingerprint density at radius 1 is 1.03 bits per heavy atom. The summed E-state index contributed by atoms with van der Waals surface area (Å²) in [4.78, 5) is 9.77. The smallest absolute Gasteiger partial charge is 0.226 e. The van der Waals surface area contributed by atoms with Gasteiger partial charge in [0, 0.05) is 24.7 Å². The maximum absolute atomic E-state index is 5.92. The second kappa shape index (κ2) is 10.3. The molecule has 1 unspecified atom stereocenters. The molecule has 5 nitrogen and oxygen atoms in total. The molecule has 29 heavy (non-hydrogen) atoms. The van der Waals surface area contributed by atoms with Crippen molar-refractivity contribution in [2.45, 2.75) is 64.5 Å². The predicted molar refractivity (Wildman–Crippen MR) is 116 cm³/mol. The molecule has 0 amide bonds. The zero-order valence-electron chi connectivity index (χ0n) is 17.8. The molecule has 1 aromatic heterocycles. The van der Waals surface area contributed by atoms with Crippen LogP contribution < -0.4 is 4.74 Å². The molecule has 158 valence electrons. The first-order chi connectivity index (χ1) is 14.3. The molecule has 1 atom stereocenters. The van der Waals surface area contributed by atoms with E-state index in [1.54, 1.807) is 0 Å². The van der Waals surface area contributed by atoms with Gasteiger partial charge >= 0.3 is 0 Å². The van der Waals surface area contributed by atoms with Crippen molar-refractivity contribution in [3.05, 3.63) is 36.2 Å². The van der Waals surface area contributed by atoms with Crippen LogP contribution in [0.5, 0.6) is 5.75 Å². The molecule has 0 N–H and O–H groups in total. The van der Waals surface area contributed by atoms with E-state index in [9.17, 15) is 0 Å². The van der Waals surface area contributed by atoms with Gasteiger partial charge in [0.2, 0.25) is 5.89 Å². The third-order valence-corrected chi connectivity index (χ3v) is 6.29. The van der Waals surface area contributed by atoms with Crippen LogP contribution in [-0.2, 0) is 6.54 Å². The first kappa shape index (κ1) is 20.4. The minimum Gasteiger partial charge on any atom is -0.494 e. The van der Waals surface area contributed by atoms with E-state index >= 15 is 0 Å². The Bertz CT molecular complexity index is 737. The van der Waals surface area contributed by atoms with Crippen LogP contribution in [-0.4, -0.2) is 53.6 Å². The molecule has 2 aliphatic rings. The van der Waals surface area contributed by atoms with E-state index < -0.39 is 0 Å². The monoisotopic (exact) mass is 397 g/mol. The maximum Gasteiger partial charge on any atom is 0.226 e. The van der Waals surface area contributed by atoms with Crippen LogP contribution in [0.4, 0.5) is 0 Å². The Hall–Kier alpha value is -1.85. The lowest BCUT2D eigenvalue weighted by molar-refractivity contribution is 0.151. The minimum atomic E-state index is 0.634. The van der Waals surface area contributed by atoms with E-state index in [4.69, 9.17) is 14.1 Å². The van der Waals surface area contributed by atoms with E-state index in [0.29, 0.717) is 11.9 Å². The molecule has 2 aliphatic heterocycles. The van der Waals surface area contributed by atoms with Gasteiger partial charge in [0.15, 0.2) is 0 Å². The summed E-state index contributed by atoms with van der Waals surface area (Å²) in [7, 11) is 0. The van der Waals surface area contributed by atoms with Crippen LogP contribution in [0.25, 0.3) is 11.5 Å². The number of hydrogen-bond acceptors (Lipinski definition) is 5. The molecule has 0 radical (unpaired) electrons. The average Bonchev–Trinajstić information content (AvgIpc) is 3.23. The third kappa shape index (κ3) is 5.83. The average molecular weight is 398 g/mol. The molecule has 2 fully saturated rings. The molecule has 4 rings (SSSR count). The maximum atomic E-state index is 5.92. The van der Waals surface area contributed by atoms with Gasteiger partial charge < -0.3 is 14.1 Å². The summed E-state index contributed by atoms with van der Waals surface area (Å²) in [5.74, 6) is 1.61. The van der Waals surface area contributed by atoms with E-state index in [0.717, 1.165) is 49.7 Å². The third-order valence-electron chi connectivity index (χ3n) is 6.29. The van der Waals surface area contributed by atoms with Gasteiger partial charge in [-0.1, -0.05) is 12.8 Å². The molecule has 5 heteroatoms. The summed E-state index contributed by atoms with van der Waals surface area (Å²) in [5, 5.41) is 0. The molecule has 2 saturated heterocycles. The Labute approximate surface area is 175 Å². The van der Waals surface area contributed by atoms with Gasteiger partial charge in [0.05, 0.1) is 12.3 Å². The number of rotatable bonds is 8. The second-order valence-electron chi connectivity index (χ2n) is 8.59. The Morgan fingerprint density at radius 2 is 1.83 bits per heavy atom. The van der Waals surface area contributed by atoms with Crippen molar-refractivity contribution < 1.29 is 9.15 Å². The van der Waals surface area contributed by atoms with Crippen LogP contribution >= 0.6 is 0 Å². The molecule has 3 heterocycles. The highest BCUT2D eigenvalue weighted by atomic mass is 16.5. The number of likely N-dealkylation sites (tertiary alicyclic amines) is 2. The van der Waals surface area contributed by atoms with Gasteiger partial charge in [0.25, 0.3) is 0 Å². The Balaban J connectivity index is 1.24. The van der Waals surface area contributed by atoms with E-state index in [1.165, 1.54) is 51.6 Å². The van der Waals surface area contributed by atoms with Crippen LogP contribution in [0.2, 0.25) is 0 Å². The number of piperidine rings is 2. The van der Waals surface area contributed by atoms with Crippen LogP contribution in [0.3, 0.4) is 0 Å². The molecule has 0 spiro atoms. The number of aromatic nitrogens is 1. The fourth-order valence-corrected chi connectivity index (χ4v) is 4.47. The van der Waals surface area contributed by atoms with Gasteiger partial charge in [0.1, 0.15) is 12.0 Å². The fraction of sp³-hybridized carbons (Fsp3) is 0.625. The summed E-state index contributed by atoms with van der Waals surface area (Å²) < 4.78 is 11.7. The summed E-state index contributed by atoms with van der Waals surface area (Å²) in [6.07, 6.45) is 10.9. The number of nitrogens with zero attached hydrogens (tertiary/aromatic N) is 3. The van der Waals surface area contributed by atoms with Gasteiger partial charge in [-0.15, -0.1) is 0 Å². The van der Waals surface area contributed by atoms with Gasteiger partial charge in [-0.3, -0.25) is 4.90 Å². The summed E-state index contributed by atoms with van der Waals surface area (Å²) in [6.45, 7) is 8.77. The Morgan fingerprint density at radius 3 is 2.62 bits per heavy atom. The first-order valence-corrected chi connectivity index (χ1v) is 11.4. The fourth-order valence-electron chi connectivity index (χ4n) is 4.47. The normalized spacial score (nSPS) is 21.3. The van der Waals surface area contributed by atoms with Gasteiger partial charge in [-0.2, -0.15) is 0 Å². The number of oxazole rings is 1. The minimum absolute atomic E-state index is 0.634. The van der Waals surface area contributed by atoms with Crippen LogP contribution in [0.15, 0.2) is 34.9 Å². The van der Waals surface area contributed by atoms with Crippen molar-refractivity contribution in [1.29, 1.82) is 0 Å². The van der Waals surface area contributed by atoms with Crippen molar-refractivity contribution in [3.63, 3.8) is 0 Å². The second-order valence-corrected chi connectivity index (χ2v) is 8.59. The van der Waals surface area contributed by atoms with Crippen LogP contribution in [0, 0.1) is 0 Å². The largest absolute Gasteiger partial charge is 0.494 e. The van der Waals surface area contributed by atoms with Gasteiger partial charge in [-0.05, 0) is 82.9 Å². The lowest BCUT2D eigenvalue weighted by Crippen LogP contribution is -2.36. The standard InChI is InChI=1S/C24H35N3O2/c1-20-8-3-6-16-27(20)18-22-19-29-24(25-22)21-9-11-23(12-10-21)28-17-7-15-26-13-4-2-5-14-26/h9-12,19-20H,2-8,13-18H2,1H3. The molecule has 2 aromatic rings. The highest BCUT2D eigenvalue weighted by molar-refractivity contribution is 5.54. The zero-order chi connectivity index (χ0) is 19.9. The topological polar surface area (TPSA) is 41.7 Å². The van der Waals surface area contributed by atoms with E-state index in [2.05, 4.69) is 16.7 Å². The summed E-state index contributed by atoms with van der Waals surface area (Å²) in [5.41, 5.74) is 2.02. The van der Waals surface area contributed by atoms with Crippen molar-refractivity contribution in [1.82, 2.24) is 14.8 Å². The predicted octanol–water partition coefficient (Wildman–Crippen LogP) is 4.97. The van der Waals surface area contributed by atoms with Crippen molar-refractivity contribution in [3.8, 4) is 17.2 Å². The number of benzene rings is 1. The van der Waals surface area contributed by atoms with E-state index in [-0.39, 0.29) is 0 Å². The molecule has 0 aliphatic carbocycles. The van der Waals surface area contributed by atoms with Crippen molar-refractivity contribution in [2.24, 2.45) is 0 Å². The molecule has 1 aromatic carbocycles. The van der Waals surface area contributed by atoms with Crippen molar-refractivity contribution in [2.75, 3.05) is 32.8 Å². The lowest BCUT2D eigenvalue weighted by Gasteiger charge is -2.32. The van der Waals surface area contributed by atoms with Gasteiger partial charge in [-0.25, -0.2) is 4.98 Å². The summed E-state index contributed by atoms with van der Waals surface area (Å²) >= 11 is 0. The van der Waals surface area contributed by atoms with E-state index in [1.807, 2.05) is 30.5 Å². The first-order valence-electron chi connectivity index (χ1n) is 11.4. The number of ether oxygens (including phenoxy) is 1. The highest BCUT2D eigenvalue weighted by Crippen LogP contribution is 2.24. The molecule has 0 bridgehead atoms. The molecular formula is C24H35N3O2. The zero-order valence-corrected chi connectivity index (χ0v) is 17.8. The SMILES string of the molecule is CC1CCCCN1Cc1coc(-c2ccc(OCCCN3CCCCC3)cc2)n1. The molecular weight excluding hydrogens is 362 g/mol. The highest BCUT2D eigenvalue weighted by Gasteiger charge is 2.19. The molecule has 0 saturated carbocycles. The Kier molecular flexibility index (Phi) is 7.23. The number of hydrogen-bond donors (Lipinski definition) is 0.